The van der Waals surface area contributed by atoms with Gasteiger partial charge in [-0.2, -0.15) is 4.31 Å². The Bertz CT molecular complexity index is 1500. The van der Waals surface area contributed by atoms with Gasteiger partial charge < -0.3 is 14.2 Å². The van der Waals surface area contributed by atoms with Crippen molar-refractivity contribution in [1.82, 2.24) is 0 Å². The van der Waals surface area contributed by atoms with Crippen LogP contribution in [0.1, 0.15) is 11.1 Å². The zero-order valence-electron chi connectivity index (χ0n) is 20.0. The summed E-state index contributed by atoms with van der Waals surface area (Å²) in [5.41, 5.74) is 1.34. The fourth-order valence-electron chi connectivity index (χ4n) is 3.51. The first-order valence-corrected chi connectivity index (χ1v) is 12.6. The lowest BCUT2D eigenvalue weighted by molar-refractivity contribution is 0.152. The Kier molecular flexibility index (Phi) is 7.55. The maximum atomic E-state index is 13.7. The van der Waals surface area contributed by atoms with Crippen LogP contribution in [0.4, 0.5) is 15.3 Å². The largest absolute Gasteiger partial charge is 0.519 e. The molecule has 4 rings (SSSR count). The van der Waals surface area contributed by atoms with E-state index >= 15 is 0 Å². The quantitative estimate of drug-likeness (QED) is 0.219. The summed E-state index contributed by atoms with van der Waals surface area (Å²) < 4.78 is 43.6. The lowest BCUT2D eigenvalue weighted by Crippen LogP contribution is -2.39. The Labute approximate surface area is 214 Å². The second-order valence-electron chi connectivity index (χ2n) is 7.98. The molecule has 0 atom stereocenters. The van der Waals surface area contributed by atoms with E-state index in [1.165, 1.54) is 42.5 Å². The van der Waals surface area contributed by atoms with E-state index in [0.717, 1.165) is 5.56 Å². The first-order valence-electron chi connectivity index (χ1n) is 11.2. The highest BCUT2D eigenvalue weighted by molar-refractivity contribution is 7.93. The van der Waals surface area contributed by atoms with E-state index in [1.54, 1.807) is 67.6 Å². The van der Waals surface area contributed by atoms with Gasteiger partial charge >= 0.3 is 12.2 Å². The molecule has 9 heteroatoms. The third-order valence-electron chi connectivity index (χ3n) is 5.18. The SMILES string of the molecule is Cc1ccc(S(=O)(=O)N(C(=O)Oc2ccccc2)c2ccc(OC(=O)Oc3ccccc3)cc2)c(C)c1. The number of rotatable bonds is 6. The highest BCUT2D eigenvalue weighted by Gasteiger charge is 2.34. The van der Waals surface area contributed by atoms with Crippen LogP contribution < -0.4 is 18.5 Å². The number of carbonyl (C=O) groups excluding carboxylic acids is 2. The molecular weight excluding hydrogens is 494 g/mol. The van der Waals surface area contributed by atoms with Crippen LogP contribution in [-0.4, -0.2) is 20.7 Å². The van der Waals surface area contributed by atoms with Gasteiger partial charge in [0.1, 0.15) is 17.2 Å². The van der Waals surface area contributed by atoms with E-state index in [0.29, 0.717) is 15.6 Å². The molecule has 0 aliphatic heterocycles. The molecule has 4 aromatic carbocycles. The molecule has 0 heterocycles. The van der Waals surface area contributed by atoms with Crippen molar-refractivity contribution in [3.8, 4) is 17.2 Å². The lowest BCUT2D eigenvalue weighted by Gasteiger charge is -2.23. The van der Waals surface area contributed by atoms with Crippen molar-refractivity contribution in [3.63, 3.8) is 0 Å². The van der Waals surface area contributed by atoms with Crippen molar-refractivity contribution in [2.75, 3.05) is 4.31 Å². The van der Waals surface area contributed by atoms with E-state index in [4.69, 9.17) is 14.2 Å². The Balaban J connectivity index is 1.63. The molecule has 0 saturated heterocycles. The molecule has 37 heavy (non-hydrogen) atoms. The van der Waals surface area contributed by atoms with Crippen molar-refractivity contribution in [2.24, 2.45) is 0 Å². The minimum absolute atomic E-state index is 0.00955. The minimum atomic E-state index is -4.37. The number of ether oxygens (including phenoxy) is 3. The predicted molar refractivity (Wildman–Crippen MR) is 138 cm³/mol. The number of benzene rings is 4. The highest BCUT2D eigenvalue weighted by Crippen LogP contribution is 2.29. The number of anilines is 1. The maximum absolute atomic E-state index is 13.7. The normalized spacial score (nSPS) is 10.9. The molecule has 4 aromatic rings. The second kappa shape index (κ2) is 11.0. The number of hydrogen-bond donors (Lipinski definition) is 0. The first-order chi connectivity index (χ1) is 17.7. The van der Waals surface area contributed by atoms with Gasteiger partial charge in [-0.15, -0.1) is 0 Å². The molecule has 0 N–H and O–H groups in total. The Hall–Kier alpha value is -4.63. The second-order valence-corrected chi connectivity index (χ2v) is 9.74. The van der Waals surface area contributed by atoms with Gasteiger partial charge in [-0.25, -0.2) is 18.0 Å². The van der Waals surface area contributed by atoms with E-state index in [9.17, 15) is 18.0 Å². The highest BCUT2D eigenvalue weighted by atomic mass is 32.2. The van der Waals surface area contributed by atoms with Gasteiger partial charge in [0.2, 0.25) is 0 Å². The molecule has 0 unspecified atom stereocenters. The fourth-order valence-corrected chi connectivity index (χ4v) is 5.05. The van der Waals surface area contributed by atoms with Crippen LogP contribution >= 0.6 is 0 Å². The number of hydrogen-bond acceptors (Lipinski definition) is 7. The number of carbonyl (C=O) groups is 2. The Morgan fingerprint density at radius 3 is 1.70 bits per heavy atom. The van der Waals surface area contributed by atoms with Gasteiger partial charge in [-0.1, -0.05) is 54.1 Å². The summed E-state index contributed by atoms with van der Waals surface area (Å²) in [5.74, 6) is 0.570. The Morgan fingerprint density at radius 2 is 1.16 bits per heavy atom. The predicted octanol–water partition coefficient (Wildman–Crippen LogP) is 6.28. The summed E-state index contributed by atoms with van der Waals surface area (Å²) in [5, 5.41) is 0. The van der Waals surface area contributed by atoms with Crippen molar-refractivity contribution in [3.05, 3.63) is 114 Å². The third kappa shape index (κ3) is 6.14. The first kappa shape index (κ1) is 25.5. The summed E-state index contributed by atoms with van der Waals surface area (Å²) in [6.07, 6.45) is -2.09. The van der Waals surface area contributed by atoms with Crippen LogP contribution in [0.5, 0.6) is 17.2 Å². The molecule has 1 amide bonds. The molecule has 0 aromatic heterocycles. The van der Waals surface area contributed by atoms with Crippen LogP contribution in [0, 0.1) is 13.8 Å². The van der Waals surface area contributed by atoms with E-state index in [2.05, 4.69) is 0 Å². The zero-order chi connectivity index (χ0) is 26.4. The summed E-state index contributed by atoms with van der Waals surface area (Å²) in [6.45, 7) is 3.49. The topological polar surface area (TPSA) is 99.2 Å². The minimum Gasteiger partial charge on any atom is -0.409 e. The van der Waals surface area contributed by atoms with Crippen LogP contribution in [0.2, 0.25) is 0 Å². The van der Waals surface area contributed by atoms with Crippen LogP contribution in [0.25, 0.3) is 0 Å². The third-order valence-corrected chi connectivity index (χ3v) is 7.03. The van der Waals surface area contributed by atoms with Gasteiger partial charge in [0.05, 0.1) is 10.6 Å². The molecule has 0 saturated carbocycles. The van der Waals surface area contributed by atoms with E-state index < -0.39 is 22.3 Å². The number of nitrogens with zero attached hydrogens (tertiary/aromatic N) is 1. The monoisotopic (exact) mass is 517 g/mol. The molecular formula is C28H23NO7S. The summed E-state index contributed by atoms with van der Waals surface area (Å²) >= 11 is 0. The van der Waals surface area contributed by atoms with Gasteiger partial charge in [-0.3, -0.25) is 0 Å². The number of amides is 1. The summed E-state index contributed by atoms with van der Waals surface area (Å²) in [6, 6.07) is 26.7. The molecule has 0 spiro atoms. The van der Waals surface area contributed by atoms with Gasteiger partial charge in [-0.05, 0) is 74.0 Å². The van der Waals surface area contributed by atoms with Crippen LogP contribution in [-0.2, 0) is 10.0 Å². The van der Waals surface area contributed by atoms with Crippen molar-refractivity contribution < 1.29 is 32.2 Å². The number of para-hydroxylation sites is 2. The van der Waals surface area contributed by atoms with E-state index in [1.807, 2.05) is 6.92 Å². The average Bonchev–Trinajstić information content (AvgIpc) is 2.86. The summed E-state index contributed by atoms with van der Waals surface area (Å²) in [4.78, 5) is 25.2. The lowest BCUT2D eigenvalue weighted by atomic mass is 10.2. The number of aryl methyl sites for hydroxylation is 2. The van der Waals surface area contributed by atoms with Gasteiger partial charge in [0, 0.05) is 0 Å². The van der Waals surface area contributed by atoms with Crippen LogP contribution in [0.3, 0.4) is 0 Å². The van der Waals surface area contributed by atoms with E-state index in [-0.39, 0.29) is 22.1 Å². The molecule has 0 bridgehead atoms. The molecule has 0 fully saturated rings. The Morgan fingerprint density at radius 1 is 0.649 bits per heavy atom. The summed E-state index contributed by atoms with van der Waals surface area (Å²) in [7, 11) is -4.37. The average molecular weight is 518 g/mol. The van der Waals surface area contributed by atoms with Crippen LogP contribution in [0.15, 0.2) is 108 Å². The van der Waals surface area contributed by atoms with Gasteiger partial charge in [0.15, 0.2) is 0 Å². The van der Waals surface area contributed by atoms with Crippen molar-refractivity contribution in [1.29, 1.82) is 0 Å². The van der Waals surface area contributed by atoms with Crippen molar-refractivity contribution in [2.45, 2.75) is 18.7 Å². The van der Waals surface area contributed by atoms with Crippen molar-refractivity contribution >= 4 is 28.0 Å². The zero-order valence-corrected chi connectivity index (χ0v) is 20.8. The molecule has 188 valence electrons. The molecule has 8 nitrogen and oxygen atoms in total. The smallest absolute Gasteiger partial charge is 0.409 e. The van der Waals surface area contributed by atoms with Gasteiger partial charge in [0.25, 0.3) is 10.0 Å². The fraction of sp³-hybridized carbons (Fsp3) is 0.0714. The molecule has 0 aliphatic carbocycles. The molecule has 0 radical (unpaired) electrons. The number of sulfonamides is 1. The standard InChI is InChI=1S/C28H23NO7S/c1-20-13-18-26(21(2)19-20)37(32,33)29(27(30)34-23-9-5-3-6-10-23)22-14-16-25(17-15-22)36-28(31)35-24-11-7-4-8-12-24/h3-19H,1-2H3. The molecule has 0 aliphatic rings. The maximum Gasteiger partial charge on any atom is 0.519 e.